The number of nitrogens with one attached hydrogen (secondary N) is 3. The van der Waals surface area contributed by atoms with E-state index >= 15 is 0 Å². The first-order valence-corrected chi connectivity index (χ1v) is 7.45. The molecule has 0 fully saturated rings. The second kappa shape index (κ2) is 7.75. The van der Waals surface area contributed by atoms with Crippen LogP contribution in [0.4, 0.5) is 5.13 Å². The molecular weight excluding hydrogens is 290 g/mol. The molecule has 21 heavy (non-hydrogen) atoms. The van der Waals surface area contributed by atoms with Crippen molar-refractivity contribution in [3.63, 3.8) is 0 Å². The largest absolute Gasteiger partial charge is 0.384 e. The fourth-order valence-electron chi connectivity index (χ4n) is 1.68. The van der Waals surface area contributed by atoms with Crippen molar-refractivity contribution in [3.05, 3.63) is 29.8 Å². The van der Waals surface area contributed by atoms with Crippen LogP contribution < -0.4 is 10.6 Å². The molecule has 2 rings (SSSR count). The summed E-state index contributed by atoms with van der Waals surface area (Å²) in [5.41, 5.74) is 0.625. The topological polar surface area (TPSA) is 91.9 Å². The molecule has 0 aliphatic carbocycles. The molecule has 0 bridgehead atoms. The van der Waals surface area contributed by atoms with Gasteiger partial charge in [-0.05, 0) is 13.0 Å². The average Bonchev–Trinajstić information content (AvgIpc) is 3.14. The molecule has 0 saturated carbocycles. The number of hydrogen-bond donors (Lipinski definition) is 3. The molecule has 2 heterocycles. The number of anilines is 1. The van der Waals surface area contributed by atoms with Gasteiger partial charge in [0, 0.05) is 50.0 Å². The van der Waals surface area contributed by atoms with E-state index in [1.165, 1.54) is 11.5 Å². The van der Waals surface area contributed by atoms with Gasteiger partial charge < -0.3 is 20.4 Å². The third-order valence-corrected chi connectivity index (χ3v) is 3.48. The molecular formula is C13H19N5O2S. The zero-order chi connectivity index (χ0) is 15.1. The van der Waals surface area contributed by atoms with E-state index < -0.39 is 0 Å². The lowest BCUT2D eigenvalue weighted by Crippen LogP contribution is -2.34. The summed E-state index contributed by atoms with van der Waals surface area (Å²) in [6, 6.07) is 1.80. The zero-order valence-electron chi connectivity index (χ0n) is 12.0. The van der Waals surface area contributed by atoms with E-state index in [1.54, 1.807) is 25.6 Å². The molecule has 0 aromatic carbocycles. The number of nitrogens with zero attached hydrogens (tertiary/aromatic N) is 2. The summed E-state index contributed by atoms with van der Waals surface area (Å²) >= 11 is 1.31. The number of ether oxygens (including phenoxy) is 1. The number of methoxy groups -OCH3 is 1. The molecule has 114 valence electrons. The average molecular weight is 309 g/mol. The van der Waals surface area contributed by atoms with E-state index in [-0.39, 0.29) is 11.9 Å². The molecule has 0 spiro atoms. The highest BCUT2D eigenvalue weighted by Gasteiger charge is 2.10. The van der Waals surface area contributed by atoms with E-state index in [1.807, 2.05) is 6.92 Å². The molecule has 1 atom stereocenters. The summed E-state index contributed by atoms with van der Waals surface area (Å²) in [7, 11) is 1.65. The molecule has 0 aliphatic heterocycles. The van der Waals surface area contributed by atoms with Crippen LogP contribution in [0.3, 0.4) is 0 Å². The van der Waals surface area contributed by atoms with E-state index in [0.29, 0.717) is 25.1 Å². The number of aromatic nitrogens is 3. The van der Waals surface area contributed by atoms with Crippen LogP contribution in [0.2, 0.25) is 0 Å². The molecule has 0 aliphatic rings. The van der Waals surface area contributed by atoms with Crippen LogP contribution in [0.5, 0.6) is 0 Å². The second-order valence-electron chi connectivity index (χ2n) is 4.61. The first-order chi connectivity index (χ1) is 10.2. The van der Waals surface area contributed by atoms with Gasteiger partial charge in [0.15, 0.2) is 0 Å². The van der Waals surface area contributed by atoms with Gasteiger partial charge in [0.25, 0.3) is 5.91 Å². The first-order valence-electron chi connectivity index (χ1n) is 6.68. The van der Waals surface area contributed by atoms with Gasteiger partial charge in [0.05, 0.1) is 12.2 Å². The number of hydrogen-bond acceptors (Lipinski definition) is 6. The van der Waals surface area contributed by atoms with Crippen LogP contribution in [0, 0.1) is 0 Å². The summed E-state index contributed by atoms with van der Waals surface area (Å²) in [4.78, 5) is 19.0. The van der Waals surface area contributed by atoms with E-state index in [0.717, 1.165) is 11.0 Å². The molecule has 0 unspecified atom stereocenters. The van der Waals surface area contributed by atoms with E-state index in [9.17, 15) is 4.79 Å². The van der Waals surface area contributed by atoms with Gasteiger partial charge in [0.1, 0.15) is 5.82 Å². The Morgan fingerprint density at radius 1 is 1.57 bits per heavy atom. The Bertz CT molecular complexity index is 555. The smallest absolute Gasteiger partial charge is 0.252 e. The van der Waals surface area contributed by atoms with Crippen LogP contribution in [0.1, 0.15) is 23.1 Å². The Morgan fingerprint density at radius 3 is 3.14 bits per heavy atom. The van der Waals surface area contributed by atoms with Crippen LogP contribution in [0.15, 0.2) is 18.5 Å². The molecule has 2 aromatic rings. The van der Waals surface area contributed by atoms with Crippen molar-refractivity contribution in [2.24, 2.45) is 0 Å². The van der Waals surface area contributed by atoms with Crippen LogP contribution in [0.25, 0.3) is 0 Å². The van der Waals surface area contributed by atoms with E-state index in [4.69, 9.17) is 4.74 Å². The maximum absolute atomic E-state index is 11.8. The third kappa shape index (κ3) is 4.83. The number of rotatable bonds is 8. The van der Waals surface area contributed by atoms with Crippen LogP contribution in [-0.4, -0.2) is 46.6 Å². The maximum Gasteiger partial charge on any atom is 0.252 e. The normalized spacial score (nSPS) is 12.1. The highest BCUT2D eigenvalue weighted by atomic mass is 32.1. The third-order valence-electron chi connectivity index (χ3n) is 2.80. The van der Waals surface area contributed by atoms with E-state index in [2.05, 4.69) is 25.0 Å². The van der Waals surface area contributed by atoms with Gasteiger partial charge in [-0.25, -0.2) is 4.98 Å². The van der Waals surface area contributed by atoms with Crippen LogP contribution >= 0.6 is 11.5 Å². The predicted octanol–water partition coefficient (Wildman–Crippen LogP) is 1.29. The van der Waals surface area contributed by atoms with Crippen molar-refractivity contribution in [2.45, 2.75) is 19.4 Å². The SMILES string of the molecule is COCCc1nsc(N[C@H](C)CNC(=O)c2cc[nH]c2)n1. The number of H-pyrrole nitrogens is 1. The van der Waals surface area contributed by atoms with Gasteiger partial charge >= 0.3 is 0 Å². The Labute approximate surface area is 127 Å². The number of carbonyl (C=O) groups is 1. The minimum Gasteiger partial charge on any atom is -0.384 e. The maximum atomic E-state index is 11.8. The number of amides is 1. The number of aromatic amines is 1. The quantitative estimate of drug-likeness (QED) is 0.683. The minimum atomic E-state index is -0.0945. The van der Waals surface area contributed by atoms with Gasteiger partial charge in [0.2, 0.25) is 5.13 Å². The monoisotopic (exact) mass is 309 g/mol. The number of carbonyl (C=O) groups excluding carboxylic acids is 1. The summed E-state index contributed by atoms with van der Waals surface area (Å²) in [6.07, 6.45) is 4.09. The van der Waals surface area contributed by atoms with Crippen molar-refractivity contribution >= 4 is 22.6 Å². The summed E-state index contributed by atoms with van der Waals surface area (Å²) < 4.78 is 9.23. The van der Waals surface area contributed by atoms with Crippen molar-refractivity contribution in [2.75, 3.05) is 25.6 Å². The molecule has 7 nitrogen and oxygen atoms in total. The standard InChI is InChI=1S/C13H19N5O2S/c1-9(7-15-12(19)10-3-5-14-8-10)16-13-17-11(18-21-13)4-6-20-2/h3,5,8-9,14H,4,6-7H2,1-2H3,(H,15,19)(H,16,17,18)/t9-/m1/s1. The van der Waals surface area contributed by atoms with Crippen molar-refractivity contribution in [3.8, 4) is 0 Å². The van der Waals surface area contributed by atoms with Crippen molar-refractivity contribution in [1.29, 1.82) is 0 Å². The van der Waals surface area contributed by atoms with Gasteiger partial charge in [-0.15, -0.1) is 0 Å². The molecule has 1 amide bonds. The Balaban J connectivity index is 1.75. The first kappa shape index (κ1) is 15.5. The Kier molecular flexibility index (Phi) is 5.70. The minimum absolute atomic E-state index is 0.0658. The Hall–Kier alpha value is -1.93. The molecule has 3 N–H and O–H groups in total. The fourth-order valence-corrected chi connectivity index (χ4v) is 2.41. The summed E-state index contributed by atoms with van der Waals surface area (Å²) in [6.45, 7) is 3.10. The van der Waals surface area contributed by atoms with Crippen molar-refractivity contribution in [1.82, 2.24) is 19.7 Å². The molecule has 0 saturated heterocycles. The molecule has 2 aromatic heterocycles. The molecule has 0 radical (unpaired) electrons. The molecule has 8 heteroatoms. The van der Waals surface area contributed by atoms with Gasteiger partial charge in [-0.1, -0.05) is 0 Å². The lowest BCUT2D eigenvalue weighted by molar-refractivity contribution is 0.0952. The Morgan fingerprint density at radius 2 is 2.43 bits per heavy atom. The predicted molar refractivity (Wildman–Crippen MR) is 81.7 cm³/mol. The van der Waals surface area contributed by atoms with Crippen LogP contribution in [-0.2, 0) is 11.2 Å². The van der Waals surface area contributed by atoms with Crippen molar-refractivity contribution < 1.29 is 9.53 Å². The van der Waals surface area contributed by atoms with Gasteiger partial charge in [-0.3, -0.25) is 4.79 Å². The van der Waals surface area contributed by atoms with Gasteiger partial charge in [-0.2, -0.15) is 4.37 Å². The second-order valence-corrected chi connectivity index (χ2v) is 5.37. The summed E-state index contributed by atoms with van der Waals surface area (Å²) in [5.74, 6) is 0.677. The lowest BCUT2D eigenvalue weighted by atomic mass is 10.3. The fraction of sp³-hybridized carbons (Fsp3) is 0.462. The lowest BCUT2D eigenvalue weighted by Gasteiger charge is -2.13. The zero-order valence-corrected chi connectivity index (χ0v) is 12.9. The summed E-state index contributed by atoms with van der Waals surface area (Å²) in [5, 5.41) is 6.84. The highest BCUT2D eigenvalue weighted by Crippen LogP contribution is 2.12. The highest BCUT2D eigenvalue weighted by molar-refractivity contribution is 7.09.